The van der Waals surface area contributed by atoms with Crippen LogP contribution in [0, 0.1) is 0 Å². The normalized spacial score (nSPS) is 21.9. The molecule has 4 nitrogen and oxygen atoms in total. The Morgan fingerprint density at radius 1 is 1.06 bits per heavy atom. The molecule has 6 rings (SSSR count). The lowest BCUT2D eigenvalue weighted by atomic mass is 9.80. The van der Waals surface area contributed by atoms with E-state index in [-0.39, 0.29) is 5.41 Å². The lowest BCUT2D eigenvalue weighted by molar-refractivity contribution is 0.0697. The summed E-state index contributed by atoms with van der Waals surface area (Å²) in [5, 5.41) is 11.0. The van der Waals surface area contributed by atoms with Crippen molar-refractivity contribution < 1.29 is 9.90 Å². The fourth-order valence-electron chi connectivity index (χ4n) is 7.30. The molecule has 1 atom stereocenters. The molecule has 3 aromatic rings. The van der Waals surface area contributed by atoms with Gasteiger partial charge in [0.05, 0.1) is 16.9 Å². The first-order valence-corrected chi connectivity index (χ1v) is 13.3. The number of hydrogen-bond acceptors (Lipinski definition) is 2. The molecule has 35 heavy (non-hydrogen) atoms. The molecule has 0 unspecified atom stereocenters. The van der Waals surface area contributed by atoms with Crippen LogP contribution in [0.25, 0.3) is 22.2 Å². The molecular formula is C31H36N2O2. The lowest BCUT2D eigenvalue weighted by Crippen LogP contribution is -2.31. The van der Waals surface area contributed by atoms with E-state index in [1.807, 2.05) is 6.07 Å². The molecule has 2 aliphatic heterocycles. The number of carbonyl (C=O) groups is 1. The van der Waals surface area contributed by atoms with Gasteiger partial charge in [-0.1, -0.05) is 62.1 Å². The van der Waals surface area contributed by atoms with Crippen LogP contribution in [0.3, 0.4) is 0 Å². The van der Waals surface area contributed by atoms with Gasteiger partial charge in [-0.15, -0.1) is 0 Å². The third kappa shape index (κ3) is 3.52. The predicted molar refractivity (Wildman–Crippen MR) is 144 cm³/mol. The van der Waals surface area contributed by atoms with Crippen molar-refractivity contribution in [3.8, 4) is 11.3 Å². The van der Waals surface area contributed by atoms with Gasteiger partial charge in [-0.25, -0.2) is 4.79 Å². The number of aromatic nitrogens is 1. The second-order valence-corrected chi connectivity index (χ2v) is 11.4. The SMILES string of the molecule is CC(C)=C[C@]1(C)CN2CCCn3c(c(C4CCCCC4)c4ccc(C(=O)O)cc43)-c3cccc1c32. The fraction of sp³-hybridized carbons (Fsp3) is 0.452. The number of carboxylic acid groups (broad SMARTS) is 1. The summed E-state index contributed by atoms with van der Waals surface area (Å²) < 4.78 is 2.47. The van der Waals surface area contributed by atoms with Gasteiger partial charge in [-0.2, -0.15) is 0 Å². The largest absolute Gasteiger partial charge is 0.478 e. The van der Waals surface area contributed by atoms with Crippen molar-refractivity contribution in [1.82, 2.24) is 4.57 Å². The van der Waals surface area contributed by atoms with Crippen LogP contribution < -0.4 is 4.90 Å². The topological polar surface area (TPSA) is 45.5 Å². The first-order valence-electron chi connectivity index (χ1n) is 13.3. The molecule has 0 saturated heterocycles. The molecular weight excluding hydrogens is 432 g/mol. The molecule has 182 valence electrons. The number of anilines is 1. The summed E-state index contributed by atoms with van der Waals surface area (Å²) in [6.45, 7) is 9.75. The number of aromatic carboxylic acids is 1. The van der Waals surface area contributed by atoms with E-state index in [9.17, 15) is 9.90 Å². The number of nitrogens with zero attached hydrogens (tertiary/aromatic N) is 2. The highest BCUT2D eigenvalue weighted by atomic mass is 16.4. The zero-order valence-corrected chi connectivity index (χ0v) is 21.2. The highest BCUT2D eigenvalue weighted by Crippen LogP contribution is 2.52. The predicted octanol–water partition coefficient (Wildman–Crippen LogP) is 7.50. The van der Waals surface area contributed by atoms with Crippen LogP contribution in [0.2, 0.25) is 0 Å². The number of rotatable bonds is 3. The number of benzene rings is 2. The van der Waals surface area contributed by atoms with Crippen molar-refractivity contribution >= 4 is 22.6 Å². The van der Waals surface area contributed by atoms with Gasteiger partial charge in [-0.3, -0.25) is 0 Å². The molecule has 3 heterocycles. The minimum atomic E-state index is -0.850. The zero-order valence-electron chi connectivity index (χ0n) is 21.2. The third-order valence-corrected chi connectivity index (χ3v) is 8.52. The van der Waals surface area contributed by atoms with E-state index in [0.29, 0.717) is 11.5 Å². The second kappa shape index (κ2) is 8.29. The Morgan fingerprint density at radius 3 is 2.60 bits per heavy atom. The van der Waals surface area contributed by atoms with Crippen LogP contribution in [0.5, 0.6) is 0 Å². The molecule has 4 heteroatoms. The van der Waals surface area contributed by atoms with Crippen LogP contribution in [-0.2, 0) is 12.0 Å². The number of aryl methyl sites for hydroxylation is 1. The van der Waals surface area contributed by atoms with Crippen molar-refractivity contribution in [2.24, 2.45) is 0 Å². The molecule has 0 bridgehead atoms. The molecule has 1 fully saturated rings. The van der Waals surface area contributed by atoms with Crippen molar-refractivity contribution in [2.45, 2.75) is 77.2 Å². The number of para-hydroxylation sites is 1. The van der Waals surface area contributed by atoms with E-state index < -0.39 is 5.97 Å². The molecule has 0 radical (unpaired) electrons. The van der Waals surface area contributed by atoms with Gasteiger partial charge in [0.15, 0.2) is 0 Å². The Balaban J connectivity index is 1.67. The number of fused-ring (bicyclic) bond motifs is 4. The van der Waals surface area contributed by atoms with Crippen LogP contribution >= 0.6 is 0 Å². The minimum absolute atomic E-state index is 0.00679. The van der Waals surface area contributed by atoms with Crippen molar-refractivity contribution in [2.75, 3.05) is 18.0 Å². The maximum atomic E-state index is 11.9. The maximum absolute atomic E-state index is 11.9. The summed E-state index contributed by atoms with van der Waals surface area (Å²) in [6.07, 6.45) is 9.83. The van der Waals surface area contributed by atoms with Gasteiger partial charge in [0.25, 0.3) is 0 Å². The van der Waals surface area contributed by atoms with Crippen LogP contribution in [0.15, 0.2) is 48.0 Å². The number of allylic oxidation sites excluding steroid dienone is 1. The van der Waals surface area contributed by atoms with Gasteiger partial charge in [-0.05, 0) is 62.3 Å². The summed E-state index contributed by atoms with van der Waals surface area (Å²) in [4.78, 5) is 14.5. The molecule has 0 spiro atoms. The number of hydrogen-bond donors (Lipinski definition) is 1. The fourth-order valence-corrected chi connectivity index (χ4v) is 7.30. The summed E-state index contributed by atoms with van der Waals surface area (Å²) in [7, 11) is 0. The Hall–Kier alpha value is -3.01. The minimum Gasteiger partial charge on any atom is -0.478 e. The van der Waals surface area contributed by atoms with E-state index in [1.54, 1.807) is 6.07 Å². The molecule has 1 saturated carbocycles. The smallest absolute Gasteiger partial charge is 0.335 e. The van der Waals surface area contributed by atoms with Crippen molar-refractivity contribution in [1.29, 1.82) is 0 Å². The molecule has 1 N–H and O–H groups in total. The summed E-state index contributed by atoms with van der Waals surface area (Å²) >= 11 is 0. The second-order valence-electron chi connectivity index (χ2n) is 11.4. The Kier molecular flexibility index (Phi) is 5.32. The van der Waals surface area contributed by atoms with E-state index in [4.69, 9.17) is 0 Å². The van der Waals surface area contributed by atoms with Crippen LogP contribution in [0.1, 0.15) is 86.7 Å². The quantitative estimate of drug-likeness (QED) is 0.405. The van der Waals surface area contributed by atoms with Gasteiger partial charge in [0.1, 0.15) is 0 Å². The van der Waals surface area contributed by atoms with E-state index in [2.05, 4.69) is 60.6 Å². The Labute approximate surface area is 208 Å². The maximum Gasteiger partial charge on any atom is 0.335 e. The van der Waals surface area contributed by atoms with Gasteiger partial charge in [0, 0.05) is 41.5 Å². The standard InChI is InChI=1S/C31H36N2O2/c1-20(2)18-31(3)19-32-15-8-16-33-26-17-22(30(34)35)13-14-23(26)27(21-9-5-4-6-10-21)29(33)24-11-7-12-25(31)28(24)32/h7,11-14,17-18,21H,4-6,8-10,15-16,19H2,1-3H3,(H,34,35)/t31-/m1/s1. The zero-order chi connectivity index (χ0) is 24.3. The average molecular weight is 469 g/mol. The summed E-state index contributed by atoms with van der Waals surface area (Å²) in [5.74, 6) is -0.316. The summed E-state index contributed by atoms with van der Waals surface area (Å²) in [6, 6.07) is 12.7. The molecule has 1 aromatic heterocycles. The van der Waals surface area contributed by atoms with Crippen LogP contribution in [-0.4, -0.2) is 28.7 Å². The molecule has 1 aliphatic carbocycles. The highest BCUT2D eigenvalue weighted by Gasteiger charge is 2.40. The van der Waals surface area contributed by atoms with E-state index in [0.717, 1.165) is 31.6 Å². The lowest BCUT2D eigenvalue weighted by Gasteiger charge is -2.29. The Bertz CT molecular complexity index is 1350. The molecule has 0 amide bonds. The first kappa shape index (κ1) is 22.5. The average Bonchev–Trinajstić information content (AvgIpc) is 3.29. The molecule has 3 aliphatic rings. The van der Waals surface area contributed by atoms with Gasteiger partial charge >= 0.3 is 5.97 Å². The first-order chi connectivity index (χ1) is 16.9. The van der Waals surface area contributed by atoms with E-state index >= 15 is 0 Å². The number of carboxylic acids is 1. The monoisotopic (exact) mass is 468 g/mol. The van der Waals surface area contributed by atoms with E-state index in [1.165, 1.54) is 71.1 Å². The van der Waals surface area contributed by atoms with Crippen LogP contribution in [0.4, 0.5) is 5.69 Å². The van der Waals surface area contributed by atoms with Gasteiger partial charge in [0.2, 0.25) is 0 Å². The summed E-state index contributed by atoms with van der Waals surface area (Å²) in [5.41, 5.74) is 9.80. The molecule has 2 aromatic carbocycles. The van der Waals surface area contributed by atoms with Crippen molar-refractivity contribution in [3.05, 3.63) is 64.7 Å². The highest BCUT2D eigenvalue weighted by molar-refractivity contribution is 6.00. The third-order valence-electron chi connectivity index (χ3n) is 8.52. The Morgan fingerprint density at radius 2 is 1.86 bits per heavy atom. The van der Waals surface area contributed by atoms with Crippen molar-refractivity contribution in [3.63, 3.8) is 0 Å². The van der Waals surface area contributed by atoms with Gasteiger partial charge < -0.3 is 14.6 Å².